The molecule has 1 fully saturated rings. The molecule has 0 spiro atoms. The van der Waals surface area contributed by atoms with Gasteiger partial charge in [0.15, 0.2) is 0 Å². The van der Waals surface area contributed by atoms with E-state index in [1.54, 1.807) is 0 Å². The molecule has 1 aliphatic rings. The van der Waals surface area contributed by atoms with E-state index in [9.17, 15) is 0 Å². The van der Waals surface area contributed by atoms with Crippen LogP contribution in [0.3, 0.4) is 0 Å². The molecule has 2 nitrogen and oxygen atoms in total. The summed E-state index contributed by atoms with van der Waals surface area (Å²) in [6.45, 7) is 8.40. The lowest BCUT2D eigenvalue weighted by Crippen LogP contribution is -2.41. The van der Waals surface area contributed by atoms with Crippen molar-refractivity contribution < 1.29 is 9.31 Å². The second-order valence-corrected chi connectivity index (χ2v) is 12.6. The van der Waals surface area contributed by atoms with Crippen LogP contribution in [-0.2, 0) is 9.31 Å². The fraction of sp³-hybridized carbons (Fsp3) is 0.167. The van der Waals surface area contributed by atoms with Crippen molar-refractivity contribution in [2.75, 3.05) is 0 Å². The topological polar surface area (TPSA) is 18.5 Å². The van der Waals surface area contributed by atoms with Crippen LogP contribution >= 0.6 is 11.3 Å². The van der Waals surface area contributed by atoms with E-state index in [-0.39, 0.29) is 18.3 Å². The number of hydrogen-bond acceptors (Lipinski definition) is 3. The molecule has 0 N–H and O–H groups in total. The molecule has 7 rings (SSSR count). The van der Waals surface area contributed by atoms with Crippen LogP contribution in [0.1, 0.15) is 27.7 Å². The van der Waals surface area contributed by atoms with Gasteiger partial charge >= 0.3 is 7.12 Å². The van der Waals surface area contributed by atoms with Crippen molar-refractivity contribution in [1.82, 2.24) is 0 Å². The Morgan fingerprint density at radius 2 is 1.00 bits per heavy atom. The molecule has 5 aromatic carbocycles. The Balaban J connectivity index is 1.30. The SMILES string of the molecule is CC1(C)OB(c2cccc(-c3cccc4c3sc3c(-c5ccc(-c6ccccc6)cc5)cccc34)c2)OC1(C)C. The Hall–Kier alpha value is -3.70. The van der Waals surface area contributed by atoms with E-state index < -0.39 is 0 Å². The number of rotatable bonds is 4. The summed E-state index contributed by atoms with van der Waals surface area (Å²) in [5, 5.41) is 2.59. The van der Waals surface area contributed by atoms with Crippen molar-refractivity contribution in [2.24, 2.45) is 0 Å². The second kappa shape index (κ2) is 9.45. The molecule has 4 heteroatoms. The highest BCUT2D eigenvalue weighted by Crippen LogP contribution is 2.44. The van der Waals surface area contributed by atoms with Gasteiger partial charge in [-0.3, -0.25) is 0 Å². The van der Waals surface area contributed by atoms with E-state index in [0.29, 0.717) is 0 Å². The number of fused-ring (bicyclic) bond motifs is 3. The minimum absolute atomic E-state index is 0.366. The highest BCUT2D eigenvalue weighted by Gasteiger charge is 2.51. The van der Waals surface area contributed by atoms with Crippen LogP contribution in [0.2, 0.25) is 0 Å². The lowest BCUT2D eigenvalue weighted by molar-refractivity contribution is 0.00578. The zero-order chi connectivity index (χ0) is 27.5. The zero-order valence-corrected chi connectivity index (χ0v) is 24.1. The first kappa shape index (κ1) is 25.3. The van der Waals surface area contributed by atoms with Gasteiger partial charge in [-0.25, -0.2) is 0 Å². The maximum absolute atomic E-state index is 6.36. The van der Waals surface area contributed by atoms with Gasteiger partial charge in [0.1, 0.15) is 0 Å². The monoisotopic (exact) mass is 538 g/mol. The molecule has 1 aromatic heterocycles. The van der Waals surface area contributed by atoms with Gasteiger partial charge in [-0.15, -0.1) is 11.3 Å². The summed E-state index contributed by atoms with van der Waals surface area (Å²) in [5.74, 6) is 0. The van der Waals surface area contributed by atoms with Gasteiger partial charge in [0.2, 0.25) is 0 Å². The minimum Gasteiger partial charge on any atom is -0.399 e. The number of benzene rings is 5. The molecule has 0 amide bonds. The molecule has 6 aromatic rings. The fourth-order valence-corrected chi connectivity index (χ4v) is 6.95. The average Bonchev–Trinajstić information content (AvgIpc) is 3.46. The van der Waals surface area contributed by atoms with Gasteiger partial charge in [-0.1, -0.05) is 115 Å². The number of thiophene rings is 1. The molecule has 0 bridgehead atoms. The first-order chi connectivity index (χ1) is 19.3. The summed E-state index contributed by atoms with van der Waals surface area (Å²) >= 11 is 1.88. The Bertz CT molecular complexity index is 1840. The van der Waals surface area contributed by atoms with E-state index in [1.165, 1.54) is 53.6 Å². The largest absolute Gasteiger partial charge is 0.494 e. The standard InChI is InChI=1S/C36H31BO2S/c1-35(2)36(3,4)39-37(38-35)28-14-8-13-27(23-28)30-16-10-18-32-31-17-9-15-29(33(31)40-34(30)32)26-21-19-25(20-22-26)24-11-6-5-7-12-24/h5-23H,1-4H3. The molecule has 0 radical (unpaired) electrons. The van der Waals surface area contributed by atoms with Gasteiger partial charge in [0.05, 0.1) is 11.2 Å². The molecule has 196 valence electrons. The average molecular weight is 539 g/mol. The summed E-state index contributed by atoms with van der Waals surface area (Å²) < 4.78 is 15.3. The van der Waals surface area contributed by atoms with Crippen molar-refractivity contribution in [3.63, 3.8) is 0 Å². The van der Waals surface area contributed by atoms with E-state index in [1.807, 2.05) is 11.3 Å². The van der Waals surface area contributed by atoms with E-state index in [2.05, 4.69) is 143 Å². The van der Waals surface area contributed by atoms with E-state index in [0.717, 1.165) is 5.46 Å². The molecule has 1 saturated heterocycles. The van der Waals surface area contributed by atoms with Gasteiger partial charge in [-0.2, -0.15) is 0 Å². The molecular weight excluding hydrogens is 507 g/mol. The summed E-state index contributed by atoms with van der Waals surface area (Å²) in [6, 6.07) is 41.5. The van der Waals surface area contributed by atoms with Crippen molar-refractivity contribution in [2.45, 2.75) is 38.9 Å². The smallest absolute Gasteiger partial charge is 0.399 e. The second-order valence-electron chi connectivity index (χ2n) is 11.6. The third kappa shape index (κ3) is 4.19. The van der Waals surface area contributed by atoms with Crippen LogP contribution in [0.25, 0.3) is 53.6 Å². The summed E-state index contributed by atoms with van der Waals surface area (Å²) in [6.07, 6.45) is 0. The summed E-state index contributed by atoms with van der Waals surface area (Å²) in [4.78, 5) is 0. The normalized spacial score (nSPS) is 16.1. The van der Waals surface area contributed by atoms with Crippen LogP contribution < -0.4 is 5.46 Å². The summed E-state index contributed by atoms with van der Waals surface area (Å²) in [5.41, 5.74) is 7.72. The fourth-order valence-electron chi connectivity index (χ4n) is 5.58. The quantitative estimate of drug-likeness (QED) is 0.208. The Morgan fingerprint density at radius 1 is 0.500 bits per heavy atom. The van der Waals surface area contributed by atoms with Gasteiger partial charge in [0.25, 0.3) is 0 Å². The van der Waals surface area contributed by atoms with Gasteiger partial charge in [0, 0.05) is 20.2 Å². The van der Waals surface area contributed by atoms with Crippen molar-refractivity contribution in [3.05, 3.63) is 115 Å². The third-order valence-electron chi connectivity index (χ3n) is 8.55. The number of hydrogen-bond donors (Lipinski definition) is 0. The van der Waals surface area contributed by atoms with Crippen molar-refractivity contribution in [3.8, 4) is 33.4 Å². The van der Waals surface area contributed by atoms with Crippen LogP contribution in [0.4, 0.5) is 0 Å². The Labute approximate surface area is 240 Å². The van der Waals surface area contributed by atoms with Crippen LogP contribution in [0.5, 0.6) is 0 Å². The predicted molar refractivity (Wildman–Crippen MR) is 171 cm³/mol. The summed E-state index contributed by atoms with van der Waals surface area (Å²) in [7, 11) is -0.378. The predicted octanol–water partition coefficient (Wildman–Crippen LogP) is 9.35. The van der Waals surface area contributed by atoms with E-state index in [4.69, 9.17) is 9.31 Å². The Morgan fingerprint density at radius 3 is 1.62 bits per heavy atom. The van der Waals surface area contributed by atoms with Crippen LogP contribution in [0, 0.1) is 0 Å². The maximum Gasteiger partial charge on any atom is 0.494 e. The molecule has 1 aliphatic heterocycles. The third-order valence-corrected chi connectivity index (χ3v) is 9.84. The maximum atomic E-state index is 6.36. The highest BCUT2D eigenvalue weighted by molar-refractivity contribution is 7.26. The molecule has 0 saturated carbocycles. The van der Waals surface area contributed by atoms with Crippen molar-refractivity contribution >= 4 is 44.1 Å². The Kier molecular flexibility index (Phi) is 5.97. The first-order valence-electron chi connectivity index (χ1n) is 13.9. The van der Waals surface area contributed by atoms with Crippen LogP contribution in [-0.4, -0.2) is 18.3 Å². The van der Waals surface area contributed by atoms with Crippen LogP contribution in [0.15, 0.2) is 115 Å². The highest BCUT2D eigenvalue weighted by atomic mass is 32.1. The lowest BCUT2D eigenvalue weighted by atomic mass is 9.78. The lowest BCUT2D eigenvalue weighted by Gasteiger charge is -2.32. The molecule has 0 aliphatic carbocycles. The molecule has 40 heavy (non-hydrogen) atoms. The van der Waals surface area contributed by atoms with Crippen molar-refractivity contribution in [1.29, 1.82) is 0 Å². The van der Waals surface area contributed by atoms with E-state index >= 15 is 0 Å². The first-order valence-corrected chi connectivity index (χ1v) is 14.7. The zero-order valence-electron chi connectivity index (χ0n) is 23.3. The molecule has 0 unspecified atom stereocenters. The molecular formula is C36H31BO2S. The minimum atomic E-state index is -0.378. The van der Waals surface area contributed by atoms with Gasteiger partial charge < -0.3 is 9.31 Å². The molecule has 0 atom stereocenters. The molecule has 2 heterocycles. The van der Waals surface area contributed by atoms with Gasteiger partial charge in [-0.05, 0) is 66.5 Å².